The SMILES string of the molecule is CC#CCn1c(N2CCC[C@@H](NC(=O)OC(C)(C)C)C2)nc2c1c(=O)n(CC(=O)c1cccc3c1OCCO3)c(=O)n2C. The summed E-state index contributed by atoms with van der Waals surface area (Å²) in [5, 5.41) is 2.93. The number of para-hydroxylation sites is 1. The van der Waals surface area contributed by atoms with Gasteiger partial charge in [-0.1, -0.05) is 12.0 Å². The minimum Gasteiger partial charge on any atom is -0.486 e. The molecule has 1 N–H and O–H groups in total. The van der Waals surface area contributed by atoms with Crippen LogP contribution < -0.4 is 30.9 Å². The van der Waals surface area contributed by atoms with E-state index in [2.05, 4.69) is 17.2 Å². The van der Waals surface area contributed by atoms with Crippen molar-refractivity contribution in [1.82, 2.24) is 24.0 Å². The number of ether oxygens (including phenoxy) is 3. The van der Waals surface area contributed by atoms with Gasteiger partial charge in [0, 0.05) is 26.2 Å². The molecule has 5 rings (SSSR count). The van der Waals surface area contributed by atoms with Gasteiger partial charge in [-0.2, -0.15) is 4.98 Å². The summed E-state index contributed by atoms with van der Waals surface area (Å²) in [6.07, 6.45) is 1.00. The highest BCUT2D eigenvalue weighted by atomic mass is 16.6. The summed E-state index contributed by atoms with van der Waals surface area (Å²) in [4.78, 5) is 59.9. The van der Waals surface area contributed by atoms with Crippen molar-refractivity contribution in [3.05, 3.63) is 44.6 Å². The van der Waals surface area contributed by atoms with Crippen LogP contribution in [0.2, 0.25) is 0 Å². The van der Waals surface area contributed by atoms with Crippen LogP contribution in [0.25, 0.3) is 11.2 Å². The van der Waals surface area contributed by atoms with Crippen LogP contribution in [0.3, 0.4) is 0 Å². The maximum Gasteiger partial charge on any atom is 0.407 e. The number of ketones is 1. The van der Waals surface area contributed by atoms with E-state index in [-0.39, 0.29) is 35.9 Å². The van der Waals surface area contributed by atoms with Crippen LogP contribution in [0.15, 0.2) is 27.8 Å². The summed E-state index contributed by atoms with van der Waals surface area (Å²) in [5.41, 5.74) is -1.38. The molecule has 0 radical (unpaired) electrons. The lowest BCUT2D eigenvalue weighted by molar-refractivity contribution is 0.0499. The summed E-state index contributed by atoms with van der Waals surface area (Å²) >= 11 is 0. The van der Waals surface area contributed by atoms with E-state index >= 15 is 0 Å². The summed E-state index contributed by atoms with van der Waals surface area (Å²) in [6, 6.07) is 4.74. The quantitative estimate of drug-likeness (QED) is 0.337. The smallest absolute Gasteiger partial charge is 0.407 e. The first kappa shape index (κ1) is 29.8. The average molecular weight is 593 g/mol. The number of fused-ring (bicyclic) bond motifs is 2. The van der Waals surface area contributed by atoms with Gasteiger partial charge in [0.1, 0.15) is 18.8 Å². The van der Waals surface area contributed by atoms with Crippen LogP contribution in [0.1, 0.15) is 50.9 Å². The summed E-state index contributed by atoms with van der Waals surface area (Å²) in [6.45, 7) is 8.44. The van der Waals surface area contributed by atoms with Crippen LogP contribution in [0.4, 0.5) is 10.7 Å². The number of nitrogens with zero attached hydrogens (tertiary/aromatic N) is 5. The number of hydrogen-bond acceptors (Lipinski definition) is 9. The molecule has 1 saturated heterocycles. The molecule has 0 spiro atoms. The van der Waals surface area contributed by atoms with Crippen molar-refractivity contribution in [1.29, 1.82) is 0 Å². The van der Waals surface area contributed by atoms with Gasteiger partial charge in [0.2, 0.25) is 5.95 Å². The molecular formula is C30H36N6O7. The van der Waals surface area contributed by atoms with Crippen molar-refractivity contribution < 1.29 is 23.8 Å². The van der Waals surface area contributed by atoms with Crippen LogP contribution in [-0.4, -0.2) is 68.5 Å². The third kappa shape index (κ3) is 6.09. The van der Waals surface area contributed by atoms with Crippen molar-refractivity contribution >= 4 is 29.0 Å². The fraction of sp³-hybridized carbons (Fsp3) is 0.500. The zero-order valence-electron chi connectivity index (χ0n) is 25.1. The fourth-order valence-electron chi connectivity index (χ4n) is 5.32. The van der Waals surface area contributed by atoms with Crippen molar-refractivity contribution in [2.24, 2.45) is 7.05 Å². The Morgan fingerprint density at radius 1 is 1.16 bits per heavy atom. The third-order valence-corrected chi connectivity index (χ3v) is 7.22. The molecule has 0 aliphatic carbocycles. The third-order valence-electron chi connectivity index (χ3n) is 7.22. The van der Waals surface area contributed by atoms with Crippen molar-refractivity contribution in [2.75, 3.05) is 31.2 Å². The normalized spacial score (nSPS) is 16.4. The first-order valence-electron chi connectivity index (χ1n) is 14.2. The molecule has 0 bridgehead atoms. The first-order chi connectivity index (χ1) is 20.5. The van der Waals surface area contributed by atoms with Gasteiger partial charge < -0.3 is 24.4 Å². The molecule has 13 nitrogen and oxygen atoms in total. The number of piperidine rings is 1. The van der Waals surface area contributed by atoms with E-state index in [0.29, 0.717) is 37.1 Å². The molecule has 228 valence electrons. The molecule has 3 aromatic rings. The van der Waals surface area contributed by atoms with Gasteiger partial charge in [-0.25, -0.2) is 9.59 Å². The van der Waals surface area contributed by atoms with Crippen molar-refractivity contribution in [3.63, 3.8) is 0 Å². The molecule has 43 heavy (non-hydrogen) atoms. The number of amides is 1. The monoisotopic (exact) mass is 592 g/mol. The number of hydrogen-bond donors (Lipinski definition) is 1. The Kier molecular flexibility index (Phi) is 8.21. The number of carbonyl (C=O) groups is 2. The zero-order valence-corrected chi connectivity index (χ0v) is 25.1. The van der Waals surface area contributed by atoms with Gasteiger partial charge in [-0.15, -0.1) is 5.92 Å². The van der Waals surface area contributed by atoms with E-state index < -0.39 is 35.3 Å². The Balaban J connectivity index is 1.52. The largest absolute Gasteiger partial charge is 0.486 e. The lowest BCUT2D eigenvalue weighted by Gasteiger charge is -2.34. The molecule has 1 fully saturated rings. The molecule has 1 aromatic carbocycles. The first-order valence-corrected chi connectivity index (χ1v) is 14.2. The Hall–Kier alpha value is -4.73. The topological polar surface area (TPSA) is 139 Å². The van der Waals surface area contributed by atoms with Gasteiger partial charge in [0.15, 0.2) is 28.4 Å². The fourth-order valence-corrected chi connectivity index (χ4v) is 5.32. The zero-order chi connectivity index (χ0) is 30.9. The maximum atomic E-state index is 13.9. The van der Waals surface area contributed by atoms with Gasteiger partial charge >= 0.3 is 11.8 Å². The number of aryl methyl sites for hydroxylation is 1. The van der Waals surface area contributed by atoms with Gasteiger partial charge in [0.25, 0.3) is 5.56 Å². The van der Waals surface area contributed by atoms with Crippen LogP contribution in [0, 0.1) is 11.8 Å². The molecule has 2 aromatic heterocycles. The van der Waals surface area contributed by atoms with Crippen molar-refractivity contribution in [2.45, 2.75) is 65.3 Å². The summed E-state index contributed by atoms with van der Waals surface area (Å²) in [7, 11) is 1.52. The number of benzene rings is 1. The molecule has 13 heteroatoms. The Morgan fingerprint density at radius 3 is 2.67 bits per heavy atom. The minimum atomic E-state index is -0.672. The highest BCUT2D eigenvalue weighted by Gasteiger charge is 2.30. The number of alkyl carbamates (subject to hydrolysis) is 1. The molecule has 2 aliphatic rings. The number of Topliss-reactive ketones (excluding diaryl/α,β-unsaturated/α-hetero) is 1. The maximum absolute atomic E-state index is 13.9. The summed E-state index contributed by atoms with van der Waals surface area (Å²) in [5.74, 6) is 6.58. The standard InChI is InChI=1S/C30H36N6O7/c1-6-7-14-35-23-25(32-27(35)34-13-9-10-19(17-34)31-28(39)43-30(2,3)4)33(5)29(40)36(26(23)38)18-21(37)20-11-8-12-22-24(20)42-16-15-41-22/h8,11-12,19H,9-10,13-18H2,1-5H3,(H,31,39)/t19-/m1/s1. The average Bonchev–Trinajstić information content (AvgIpc) is 3.35. The Bertz CT molecular complexity index is 1750. The predicted molar refractivity (Wildman–Crippen MR) is 159 cm³/mol. The van der Waals surface area contributed by atoms with E-state index in [1.165, 1.54) is 11.6 Å². The highest BCUT2D eigenvalue weighted by molar-refractivity contribution is 5.99. The Morgan fingerprint density at radius 2 is 1.93 bits per heavy atom. The lowest BCUT2D eigenvalue weighted by Crippen LogP contribution is -2.49. The Labute approximate surface area is 248 Å². The predicted octanol–water partition coefficient (Wildman–Crippen LogP) is 2.07. The molecular weight excluding hydrogens is 556 g/mol. The highest BCUT2D eigenvalue weighted by Crippen LogP contribution is 2.34. The van der Waals surface area contributed by atoms with E-state index in [1.54, 1.807) is 50.5 Å². The number of nitrogens with one attached hydrogen (secondary N) is 1. The second kappa shape index (κ2) is 11.9. The number of imidazole rings is 1. The second-order valence-corrected chi connectivity index (χ2v) is 11.5. The molecule has 2 aliphatic heterocycles. The number of carbonyl (C=O) groups excluding carboxylic acids is 2. The van der Waals surface area contributed by atoms with Crippen LogP contribution in [-0.2, 0) is 24.9 Å². The minimum absolute atomic E-state index is 0.141. The number of anilines is 1. The molecule has 1 atom stereocenters. The van der Waals surface area contributed by atoms with Gasteiger partial charge in [-0.3, -0.25) is 23.3 Å². The van der Waals surface area contributed by atoms with E-state index in [4.69, 9.17) is 19.2 Å². The van der Waals surface area contributed by atoms with Crippen molar-refractivity contribution in [3.8, 4) is 23.3 Å². The van der Waals surface area contributed by atoms with E-state index in [9.17, 15) is 19.2 Å². The van der Waals surface area contributed by atoms with E-state index in [0.717, 1.165) is 17.4 Å². The molecule has 0 saturated carbocycles. The van der Waals surface area contributed by atoms with Gasteiger partial charge in [-0.05, 0) is 52.7 Å². The number of rotatable bonds is 6. The molecule has 1 amide bonds. The van der Waals surface area contributed by atoms with E-state index in [1.807, 2.05) is 4.90 Å². The lowest BCUT2D eigenvalue weighted by atomic mass is 10.1. The van der Waals surface area contributed by atoms with Crippen LogP contribution in [0.5, 0.6) is 11.5 Å². The summed E-state index contributed by atoms with van der Waals surface area (Å²) < 4.78 is 20.5. The van der Waals surface area contributed by atoms with Gasteiger partial charge in [0.05, 0.1) is 18.7 Å². The number of aromatic nitrogens is 4. The van der Waals surface area contributed by atoms with Crippen LogP contribution >= 0.6 is 0 Å². The molecule has 0 unspecified atom stereocenters. The second-order valence-electron chi connectivity index (χ2n) is 11.5. The molecule has 4 heterocycles.